The number of likely N-dealkylation sites (tertiary alicyclic amines) is 1. The minimum absolute atomic E-state index is 0.336. The number of aryl methyl sites for hydroxylation is 2. The van der Waals surface area contributed by atoms with Crippen molar-refractivity contribution in [1.82, 2.24) is 24.3 Å². The summed E-state index contributed by atoms with van der Waals surface area (Å²) in [5.74, 6) is 1.42. The van der Waals surface area contributed by atoms with Gasteiger partial charge in [0.25, 0.3) is 0 Å². The van der Waals surface area contributed by atoms with Crippen molar-refractivity contribution < 1.29 is 4.79 Å². The van der Waals surface area contributed by atoms with Gasteiger partial charge in [0.05, 0.1) is 6.54 Å². The standard InChI is InChI=1S/C20H35N5O/c1-19-21-8-15-24(19)13-6-11-22-12-7-14-25(17-16-22)20(26)18-23-9-4-2-3-5-10-23/h8,15H,2-7,9-14,16-18H2,1H3. The number of hydrogen-bond donors (Lipinski definition) is 0. The lowest BCUT2D eigenvalue weighted by Gasteiger charge is -2.26. The summed E-state index contributed by atoms with van der Waals surface area (Å²) >= 11 is 0. The van der Waals surface area contributed by atoms with Crippen molar-refractivity contribution in [2.24, 2.45) is 0 Å². The minimum atomic E-state index is 0.336. The maximum Gasteiger partial charge on any atom is 0.236 e. The van der Waals surface area contributed by atoms with Crippen LogP contribution in [0.4, 0.5) is 0 Å². The number of carbonyl (C=O) groups excluding carboxylic acids is 1. The Balaban J connectivity index is 1.38. The minimum Gasteiger partial charge on any atom is -0.340 e. The smallest absolute Gasteiger partial charge is 0.236 e. The molecule has 2 aliphatic rings. The van der Waals surface area contributed by atoms with Crippen LogP contribution >= 0.6 is 0 Å². The van der Waals surface area contributed by atoms with Gasteiger partial charge in [0, 0.05) is 38.6 Å². The zero-order valence-electron chi connectivity index (χ0n) is 16.4. The second kappa shape index (κ2) is 10.1. The molecule has 2 aliphatic heterocycles. The Morgan fingerprint density at radius 3 is 2.42 bits per heavy atom. The quantitative estimate of drug-likeness (QED) is 0.777. The van der Waals surface area contributed by atoms with Crippen molar-refractivity contribution in [3.8, 4) is 0 Å². The molecule has 0 unspecified atom stereocenters. The molecule has 0 saturated carbocycles. The van der Waals surface area contributed by atoms with E-state index < -0.39 is 0 Å². The van der Waals surface area contributed by atoms with Gasteiger partial charge in [-0.05, 0) is 58.8 Å². The molecule has 0 radical (unpaired) electrons. The topological polar surface area (TPSA) is 44.6 Å². The Bertz CT molecular complexity index is 550. The summed E-state index contributed by atoms with van der Waals surface area (Å²) in [5.41, 5.74) is 0. The second-order valence-electron chi connectivity index (χ2n) is 7.79. The molecule has 2 fully saturated rings. The Hall–Kier alpha value is -1.40. The second-order valence-corrected chi connectivity index (χ2v) is 7.79. The monoisotopic (exact) mass is 361 g/mol. The van der Waals surface area contributed by atoms with Gasteiger partial charge in [-0.15, -0.1) is 0 Å². The molecule has 1 aromatic rings. The molecule has 0 atom stereocenters. The summed E-state index contributed by atoms with van der Waals surface area (Å²) < 4.78 is 2.22. The van der Waals surface area contributed by atoms with E-state index in [9.17, 15) is 4.79 Å². The highest BCUT2D eigenvalue weighted by atomic mass is 16.2. The molecule has 0 N–H and O–H groups in total. The summed E-state index contributed by atoms with van der Waals surface area (Å²) in [5, 5.41) is 0. The number of aromatic nitrogens is 2. The van der Waals surface area contributed by atoms with Gasteiger partial charge in [0.2, 0.25) is 5.91 Å². The van der Waals surface area contributed by atoms with Crippen molar-refractivity contribution in [1.29, 1.82) is 0 Å². The zero-order valence-corrected chi connectivity index (χ0v) is 16.4. The predicted octanol–water partition coefficient (Wildman–Crippen LogP) is 1.99. The number of nitrogens with zero attached hydrogens (tertiary/aromatic N) is 5. The molecule has 6 nitrogen and oxygen atoms in total. The van der Waals surface area contributed by atoms with E-state index in [0.717, 1.165) is 71.0 Å². The number of imidazole rings is 1. The first kappa shape index (κ1) is 19.4. The molecule has 1 aromatic heterocycles. The summed E-state index contributed by atoms with van der Waals surface area (Å²) in [7, 11) is 0. The van der Waals surface area contributed by atoms with Crippen LogP contribution in [-0.2, 0) is 11.3 Å². The van der Waals surface area contributed by atoms with Crippen LogP contribution < -0.4 is 0 Å². The highest BCUT2D eigenvalue weighted by molar-refractivity contribution is 5.78. The van der Waals surface area contributed by atoms with Crippen molar-refractivity contribution in [2.75, 3.05) is 52.4 Å². The van der Waals surface area contributed by atoms with E-state index in [2.05, 4.69) is 37.4 Å². The van der Waals surface area contributed by atoms with Gasteiger partial charge in [-0.3, -0.25) is 9.69 Å². The van der Waals surface area contributed by atoms with Gasteiger partial charge < -0.3 is 14.4 Å². The maximum absolute atomic E-state index is 12.7. The zero-order chi connectivity index (χ0) is 18.2. The maximum atomic E-state index is 12.7. The van der Waals surface area contributed by atoms with Crippen LogP contribution in [-0.4, -0.2) is 82.5 Å². The fraction of sp³-hybridized carbons (Fsp3) is 0.800. The third-order valence-corrected chi connectivity index (χ3v) is 5.80. The molecular formula is C20H35N5O. The van der Waals surface area contributed by atoms with Gasteiger partial charge in [0.15, 0.2) is 0 Å². The first-order valence-corrected chi connectivity index (χ1v) is 10.4. The van der Waals surface area contributed by atoms with Crippen molar-refractivity contribution in [3.05, 3.63) is 18.2 Å². The van der Waals surface area contributed by atoms with Crippen LogP contribution in [0.1, 0.15) is 44.3 Å². The van der Waals surface area contributed by atoms with Gasteiger partial charge in [0.1, 0.15) is 5.82 Å². The van der Waals surface area contributed by atoms with Crippen molar-refractivity contribution in [3.63, 3.8) is 0 Å². The van der Waals surface area contributed by atoms with Crippen LogP contribution in [0.25, 0.3) is 0 Å². The number of hydrogen-bond acceptors (Lipinski definition) is 4. The molecule has 0 bridgehead atoms. The van der Waals surface area contributed by atoms with E-state index in [0.29, 0.717) is 12.5 Å². The molecular weight excluding hydrogens is 326 g/mol. The molecule has 3 heterocycles. The lowest BCUT2D eigenvalue weighted by atomic mass is 10.2. The predicted molar refractivity (Wildman–Crippen MR) is 104 cm³/mol. The fourth-order valence-electron chi connectivity index (χ4n) is 4.13. The van der Waals surface area contributed by atoms with Crippen LogP contribution in [0.2, 0.25) is 0 Å². The number of carbonyl (C=O) groups is 1. The highest BCUT2D eigenvalue weighted by Gasteiger charge is 2.21. The van der Waals surface area contributed by atoms with E-state index in [1.165, 1.54) is 25.7 Å². The van der Waals surface area contributed by atoms with E-state index in [4.69, 9.17) is 0 Å². The molecule has 0 aromatic carbocycles. The van der Waals surface area contributed by atoms with Crippen LogP contribution in [0.15, 0.2) is 12.4 Å². The van der Waals surface area contributed by atoms with Crippen LogP contribution in [0.5, 0.6) is 0 Å². The van der Waals surface area contributed by atoms with Gasteiger partial charge >= 0.3 is 0 Å². The molecule has 0 aliphatic carbocycles. The first-order chi connectivity index (χ1) is 12.7. The van der Waals surface area contributed by atoms with E-state index in [1.54, 1.807) is 0 Å². The first-order valence-electron chi connectivity index (χ1n) is 10.4. The van der Waals surface area contributed by atoms with Gasteiger partial charge in [-0.25, -0.2) is 4.98 Å². The lowest BCUT2D eigenvalue weighted by molar-refractivity contribution is -0.132. The van der Waals surface area contributed by atoms with Gasteiger partial charge in [-0.1, -0.05) is 12.8 Å². The average Bonchev–Trinajstić information content (AvgIpc) is 2.85. The Kier molecular flexibility index (Phi) is 7.50. The Labute approximate surface area is 158 Å². The largest absolute Gasteiger partial charge is 0.340 e. The third kappa shape index (κ3) is 5.81. The molecule has 6 heteroatoms. The van der Waals surface area contributed by atoms with E-state index in [-0.39, 0.29) is 0 Å². The summed E-state index contributed by atoms with van der Waals surface area (Å²) in [4.78, 5) is 24.0. The van der Waals surface area contributed by atoms with Crippen molar-refractivity contribution >= 4 is 5.91 Å². The Morgan fingerprint density at radius 2 is 1.69 bits per heavy atom. The molecule has 1 amide bonds. The van der Waals surface area contributed by atoms with E-state index >= 15 is 0 Å². The summed E-state index contributed by atoms with van der Waals surface area (Å²) in [6.07, 6.45) is 11.3. The summed E-state index contributed by atoms with van der Waals surface area (Å²) in [6, 6.07) is 0. The third-order valence-electron chi connectivity index (χ3n) is 5.80. The SMILES string of the molecule is Cc1nccn1CCCN1CCCN(C(=O)CN2CCCCCC2)CC1. The van der Waals surface area contributed by atoms with Gasteiger partial charge in [-0.2, -0.15) is 0 Å². The molecule has 146 valence electrons. The fourth-order valence-corrected chi connectivity index (χ4v) is 4.13. The normalized spacial score (nSPS) is 20.7. The number of amides is 1. The van der Waals surface area contributed by atoms with Crippen molar-refractivity contribution in [2.45, 2.75) is 52.0 Å². The van der Waals surface area contributed by atoms with Crippen LogP contribution in [0, 0.1) is 6.92 Å². The number of rotatable bonds is 6. The lowest BCUT2D eigenvalue weighted by Crippen LogP contribution is -2.42. The molecule has 2 saturated heterocycles. The molecule has 0 spiro atoms. The highest BCUT2D eigenvalue weighted by Crippen LogP contribution is 2.11. The molecule has 26 heavy (non-hydrogen) atoms. The van der Waals surface area contributed by atoms with E-state index in [1.807, 2.05) is 6.20 Å². The Morgan fingerprint density at radius 1 is 0.923 bits per heavy atom. The average molecular weight is 362 g/mol. The van der Waals surface area contributed by atoms with Crippen LogP contribution in [0.3, 0.4) is 0 Å². The molecule has 3 rings (SSSR count). The summed E-state index contributed by atoms with van der Waals surface area (Å²) in [6.45, 7) is 10.9.